The Morgan fingerprint density at radius 3 is 2.50 bits per heavy atom. The summed E-state index contributed by atoms with van der Waals surface area (Å²) in [5.74, 6) is 0.777. The van der Waals surface area contributed by atoms with Gasteiger partial charge in [0.1, 0.15) is 5.76 Å². The van der Waals surface area contributed by atoms with Crippen LogP contribution in [0.15, 0.2) is 65.3 Å². The number of hydrogen-bond acceptors (Lipinski definition) is 2. The van der Waals surface area contributed by atoms with Crippen LogP contribution in [-0.2, 0) is 5.54 Å². The van der Waals surface area contributed by atoms with E-state index in [9.17, 15) is 0 Å². The summed E-state index contributed by atoms with van der Waals surface area (Å²) < 4.78 is 5.48. The van der Waals surface area contributed by atoms with Crippen LogP contribution in [0.4, 0.5) is 0 Å². The summed E-state index contributed by atoms with van der Waals surface area (Å²) in [5, 5.41) is 2.36. The second kappa shape index (κ2) is 4.00. The van der Waals surface area contributed by atoms with E-state index in [2.05, 4.69) is 24.3 Å². The van der Waals surface area contributed by atoms with Gasteiger partial charge < -0.3 is 10.2 Å². The van der Waals surface area contributed by atoms with Gasteiger partial charge in [0.25, 0.3) is 0 Å². The van der Waals surface area contributed by atoms with E-state index in [1.807, 2.05) is 37.3 Å². The number of rotatable bonds is 2. The molecule has 3 aromatic rings. The van der Waals surface area contributed by atoms with E-state index in [0.717, 1.165) is 11.3 Å². The molecule has 18 heavy (non-hydrogen) atoms. The zero-order valence-electron chi connectivity index (χ0n) is 10.3. The van der Waals surface area contributed by atoms with Crippen LogP contribution >= 0.6 is 0 Å². The lowest BCUT2D eigenvalue weighted by atomic mass is 9.87. The van der Waals surface area contributed by atoms with Crippen LogP contribution in [0.3, 0.4) is 0 Å². The predicted octanol–water partition coefficient (Wildman–Crippen LogP) is 3.66. The fourth-order valence-corrected chi connectivity index (χ4v) is 2.39. The maximum Gasteiger partial charge on any atom is 0.127 e. The van der Waals surface area contributed by atoms with E-state index in [-0.39, 0.29) is 0 Å². The molecule has 0 aliphatic carbocycles. The van der Waals surface area contributed by atoms with Gasteiger partial charge in [-0.05, 0) is 35.4 Å². The van der Waals surface area contributed by atoms with Crippen molar-refractivity contribution in [2.75, 3.05) is 0 Å². The van der Waals surface area contributed by atoms with Gasteiger partial charge in [0, 0.05) is 0 Å². The highest BCUT2D eigenvalue weighted by Gasteiger charge is 2.28. The average molecular weight is 237 g/mol. The molecule has 1 unspecified atom stereocenters. The molecule has 0 saturated heterocycles. The van der Waals surface area contributed by atoms with Crippen molar-refractivity contribution in [3.63, 3.8) is 0 Å². The topological polar surface area (TPSA) is 39.2 Å². The van der Waals surface area contributed by atoms with Crippen LogP contribution in [0, 0.1) is 0 Å². The van der Waals surface area contributed by atoms with Crippen LogP contribution in [0.5, 0.6) is 0 Å². The average Bonchev–Trinajstić information content (AvgIpc) is 2.92. The van der Waals surface area contributed by atoms with Crippen molar-refractivity contribution in [2.24, 2.45) is 5.73 Å². The Bertz CT molecular complexity index is 663. The largest absolute Gasteiger partial charge is 0.467 e. The number of furan rings is 1. The fourth-order valence-electron chi connectivity index (χ4n) is 2.39. The minimum Gasteiger partial charge on any atom is -0.467 e. The maximum absolute atomic E-state index is 6.48. The molecule has 2 aromatic carbocycles. The summed E-state index contributed by atoms with van der Waals surface area (Å²) in [5.41, 5.74) is 6.93. The predicted molar refractivity (Wildman–Crippen MR) is 73.3 cm³/mol. The molecule has 0 aliphatic heterocycles. The van der Waals surface area contributed by atoms with E-state index in [1.54, 1.807) is 6.26 Å². The van der Waals surface area contributed by atoms with Crippen molar-refractivity contribution in [1.82, 2.24) is 0 Å². The first-order chi connectivity index (χ1) is 8.69. The third-order valence-corrected chi connectivity index (χ3v) is 3.38. The molecule has 2 heteroatoms. The van der Waals surface area contributed by atoms with Crippen LogP contribution in [0.1, 0.15) is 18.2 Å². The lowest BCUT2D eigenvalue weighted by molar-refractivity contribution is 0.418. The van der Waals surface area contributed by atoms with Gasteiger partial charge in [0.05, 0.1) is 11.8 Å². The molecule has 3 rings (SSSR count). The van der Waals surface area contributed by atoms with Gasteiger partial charge in [-0.2, -0.15) is 0 Å². The first kappa shape index (κ1) is 11.1. The Hall–Kier alpha value is -2.06. The maximum atomic E-state index is 6.48. The molecule has 1 atom stereocenters. The van der Waals surface area contributed by atoms with Crippen LogP contribution in [-0.4, -0.2) is 0 Å². The zero-order chi connectivity index (χ0) is 12.6. The van der Waals surface area contributed by atoms with Gasteiger partial charge in [-0.3, -0.25) is 0 Å². The Morgan fingerprint density at radius 2 is 1.72 bits per heavy atom. The van der Waals surface area contributed by atoms with E-state index < -0.39 is 5.54 Å². The summed E-state index contributed by atoms with van der Waals surface area (Å²) in [6, 6.07) is 18.2. The molecule has 1 heterocycles. The zero-order valence-corrected chi connectivity index (χ0v) is 10.3. The summed E-state index contributed by atoms with van der Waals surface area (Å²) >= 11 is 0. The molecule has 90 valence electrons. The normalized spacial score (nSPS) is 14.6. The number of hydrogen-bond donors (Lipinski definition) is 1. The monoisotopic (exact) mass is 237 g/mol. The fraction of sp³-hybridized carbons (Fsp3) is 0.125. The summed E-state index contributed by atoms with van der Waals surface area (Å²) in [6.45, 7) is 1.98. The lowest BCUT2D eigenvalue weighted by Crippen LogP contribution is -2.34. The lowest BCUT2D eigenvalue weighted by Gasteiger charge is -2.24. The molecule has 0 amide bonds. The van der Waals surface area contributed by atoms with Crippen LogP contribution in [0.2, 0.25) is 0 Å². The third-order valence-electron chi connectivity index (χ3n) is 3.38. The van der Waals surface area contributed by atoms with Crippen molar-refractivity contribution in [2.45, 2.75) is 12.5 Å². The van der Waals surface area contributed by atoms with Crippen molar-refractivity contribution >= 4 is 10.8 Å². The van der Waals surface area contributed by atoms with Gasteiger partial charge >= 0.3 is 0 Å². The van der Waals surface area contributed by atoms with Crippen molar-refractivity contribution < 1.29 is 4.42 Å². The second-order valence-electron chi connectivity index (χ2n) is 4.71. The van der Waals surface area contributed by atoms with Gasteiger partial charge in [0.2, 0.25) is 0 Å². The number of benzene rings is 2. The quantitative estimate of drug-likeness (QED) is 0.738. The Morgan fingerprint density at radius 1 is 0.944 bits per heavy atom. The minimum atomic E-state index is -0.621. The van der Waals surface area contributed by atoms with Gasteiger partial charge in [-0.25, -0.2) is 0 Å². The molecule has 2 N–H and O–H groups in total. The van der Waals surface area contributed by atoms with E-state index in [1.165, 1.54) is 10.8 Å². The number of nitrogens with two attached hydrogens (primary N) is 1. The minimum absolute atomic E-state index is 0.621. The molecule has 0 aliphatic rings. The Balaban J connectivity index is 2.26. The van der Waals surface area contributed by atoms with Crippen molar-refractivity contribution in [1.29, 1.82) is 0 Å². The molecule has 0 radical (unpaired) electrons. The Kier molecular flexibility index (Phi) is 2.46. The Labute approximate surface area is 106 Å². The molecule has 0 fully saturated rings. The smallest absolute Gasteiger partial charge is 0.127 e. The summed E-state index contributed by atoms with van der Waals surface area (Å²) in [6.07, 6.45) is 1.66. The summed E-state index contributed by atoms with van der Waals surface area (Å²) in [7, 11) is 0. The van der Waals surface area contributed by atoms with E-state index >= 15 is 0 Å². The number of fused-ring (bicyclic) bond motifs is 1. The standard InChI is InChI=1S/C16H15NO/c1-16(17,15-10-5-11-18-15)14-9-4-7-12-6-2-3-8-13(12)14/h2-11H,17H2,1H3. The first-order valence-corrected chi connectivity index (χ1v) is 6.01. The van der Waals surface area contributed by atoms with Crippen molar-refractivity contribution in [3.8, 4) is 0 Å². The first-order valence-electron chi connectivity index (χ1n) is 6.01. The highest BCUT2D eigenvalue weighted by atomic mass is 16.3. The molecule has 1 aromatic heterocycles. The highest BCUT2D eigenvalue weighted by molar-refractivity contribution is 5.86. The van der Waals surface area contributed by atoms with Crippen LogP contribution in [0.25, 0.3) is 10.8 Å². The third kappa shape index (κ3) is 1.62. The molecule has 0 bridgehead atoms. The SMILES string of the molecule is CC(N)(c1ccco1)c1cccc2ccccc12. The second-order valence-corrected chi connectivity index (χ2v) is 4.71. The molecule has 0 spiro atoms. The van der Waals surface area contributed by atoms with Crippen molar-refractivity contribution in [3.05, 3.63) is 72.2 Å². The molecule has 0 saturated carbocycles. The summed E-state index contributed by atoms with van der Waals surface area (Å²) in [4.78, 5) is 0. The van der Waals surface area contributed by atoms with E-state index in [4.69, 9.17) is 10.2 Å². The van der Waals surface area contributed by atoms with Gasteiger partial charge in [0.15, 0.2) is 0 Å². The van der Waals surface area contributed by atoms with Crippen LogP contribution < -0.4 is 5.73 Å². The molecular weight excluding hydrogens is 222 g/mol. The van der Waals surface area contributed by atoms with Gasteiger partial charge in [-0.1, -0.05) is 42.5 Å². The molecular formula is C16H15NO. The van der Waals surface area contributed by atoms with E-state index in [0.29, 0.717) is 0 Å². The molecule has 2 nitrogen and oxygen atoms in total. The highest BCUT2D eigenvalue weighted by Crippen LogP contribution is 2.32. The van der Waals surface area contributed by atoms with Gasteiger partial charge in [-0.15, -0.1) is 0 Å².